The Bertz CT molecular complexity index is 1450. The molecule has 0 spiro atoms. The summed E-state index contributed by atoms with van der Waals surface area (Å²) in [7, 11) is 0. The molecule has 2 heterocycles. The normalized spacial score (nSPS) is 18.4. The first-order chi connectivity index (χ1) is 17.7. The number of nitrogens with one attached hydrogen (secondary N) is 1. The number of nitrogens with two attached hydrogens (primary N) is 1. The van der Waals surface area contributed by atoms with Crippen molar-refractivity contribution in [3.8, 4) is 17.0 Å². The number of alkyl halides is 3. The number of aromatic nitrogens is 2. The Morgan fingerprint density at radius 2 is 1.95 bits per heavy atom. The molecule has 37 heavy (non-hydrogen) atoms. The number of hydrogen-bond acceptors (Lipinski definition) is 4. The number of likely N-dealkylation sites (tertiary alicyclic amines) is 1. The third-order valence-corrected chi connectivity index (χ3v) is 7.00. The number of carbonyl (C=O) groups is 1. The molecule has 1 saturated heterocycles. The summed E-state index contributed by atoms with van der Waals surface area (Å²) in [5, 5.41) is 8.36. The summed E-state index contributed by atoms with van der Waals surface area (Å²) in [5.41, 5.74) is 7.69. The lowest BCUT2D eigenvalue weighted by Crippen LogP contribution is -2.50. The van der Waals surface area contributed by atoms with Crippen molar-refractivity contribution in [3.63, 3.8) is 0 Å². The zero-order chi connectivity index (χ0) is 26.2. The van der Waals surface area contributed by atoms with Crippen molar-refractivity contribution in [1.82, 2.24) is 15.1 Å². The molecule has 0 unspecified atom stereocenters. The molecular weight excluding hydrogens is 481 g/mol. The highest BCUT2D eigenvalue weighted by molar-refractivity contribution is 5.95. The summed E-state index contributed by atoms with van der Waals surface area (Å²) in [6, 6.07) is 18.4. The number of carbonyl (C=O) groups excluding carboxylic acids is 1. The van der Waals surface area contributed by atoms with E-state index in [0.717, 1.165) is 34.3 Å². The third kappa shape index (κ3) is 4.55. The second-order valence-corrected chi connectivity index (χ2v) is 9.24. The van der Waals surface area contributed by atoms with Crippen molar-refractivity contribution in [3.05, 3.63) is 83.4 Å². The van der Waals surface area contributed by atoms with Crippen molar-refractivity contribution in [2.75, 3.05) is 13.2 Å². The fraction of sp³-hybridized carbons (Fsp3) is 0.286. The number of ether oxygens (including phenoxy) is 1. The number of hydrogen-bond donors (Lipinski definition) is 2. The van der Waals surface area contributed by atoms with Crippen molar-refractivity contribution in [2.24, 2.45) is 5.73 Å². The van der Waals surface area contributed by atoms with Crippen LogP contribution in [-0.4, -0.2) is 34.2 Å². The molecule has 3 N–H and O–H groups in total. The number of aromatic amines is 1. The van der Waals surface area contributed by atoms with Crippen molar-refractivity contribution < 1.29 is 22.7 Å². The number of benzene rings is 3. The molecule has 0 radical (unpaired) electrons. The zero-order valence-electron chi connectivity index (χ0n) is 20.3. The number of H-pyrrole nitrogens is 1. The van der Waals surface area contributed by atoms with Gasteiger partial charge in [-0.3, -0.25) is 14.8 Å². The average molecular weight is 509 g/mol. The highest BCUT2D eigenvalue weighted by Gasteiger charge is 2.47. The monoisotopic (exact) mass is 508 g/mol. The summed E-state index contributed by atoms with van der Waals surface area (Å²) in [6.45, 7) is 3.15. The van der Waals surface area contributed by atoms with E-state index in [9.17, 15) is 18.0 Å². The van der Waals surface area contributed by atoms with Gasteiger partial charge in [-0.25, -0.2) is 0 Å². The summed E-state index contributed by atoms with van der Waals surface area (Å²) in [4.78, 5) is 14.9. The lowest BCUT2D eigenvalue weighted by atomic mass is 9.85. The van der Waals surface area contributed by atoms with Crippen LogP contribution in [0.3, 0.4) is 0 Å². The maximum Gasteiger partial charge on any atom is 0.416 e. The van der Waals surface area contributed by atoms with Gasteiger partial charge in [0.25, 0.3) is 0 Å². The number of primary amides is 1. The summed E-state index contributed by atoms with van der Waals surface area (Å²) in [5.74, 6) is 0.198. The topological polar surface area (TPSA) is 84.2 Å². The average Bonchev–Trinajstić information content (AvgIpc) is 3.49. The fourth-order valence-corrected chi connectivity index (χ4v) is 5.29. The van der Waals surface area contributed by atoms with E-state index in [2.05, 4.69) is 10.2 Å². The molecule has 1 fully saturated rings. The number of fused-ring (bicyclic) bond motifs is 1. The minimum atomic E-state index is -4.44. The van der Waals surface area contributed by atoms with Gasteiger partial charge in [-0.1, -0.05) is 36.4 Å². The van der Waals surface area contributed by atoms with Crippen molar-refractivity contribution in [1.29, 1.82) is 0 Å². The molecule has 0 aliphatic carbocycles. The first kappa shape index (κ1) is 24.8. The highest BCUT2D eigenvalue weighted by Crippen LogP contribution is 2.42. The van der Waals surface area contributed by atoms with Gasteiger partial charge in [0.2, 0.25) is 5.91 Å². The Hall–Kier alpha value is -3.85. The second kappa shape index (κ2) is 9.55. The molecular formula is C28H27F3N4O2. The number of amides is 1. The van der Waals surface area contributed by atoms with Gasteiger partial charge < -0.3 is 10.5 Å². The van der Waals surface area contributed by atoms with E-state index in [0.29, 0.717) is 42.8 Å². The minimum absolute atomic E-state index is 0.166. The minimum Gasteiger partial charge on any atom is -0.494 e. The van der Waals surface area contributed by atoms with Crippen LogP contribution in [0.2, 0.25) is 0 Å². The van der Waals surface area contributed by atoms with Gasteiger partial charge in [-0.2, -0.15) is 18.3 Å². The Balaban J connectivity index is 1.55. The fourth-order valence-electron chi connectivity index (χ4n) is 5.29. The maximum absolute atomic E-state index is 13.3. The van der Waals surface area contributed by atoms with E-state index in [4.69, 9.17) is 10.5 Å². The van der Waals surface area contributed by atoms with Gasteiger partial charge in [0.1, 0.15) is 17.0 Å². The molecule has 1 aromatic heterocycles. The van der Waals surface area contributed by atoms with Crippen LogP contribution >= 0.6 is 0 Å². The Morgan fingerprint density at radius 1 is 1.14 bits per heavy atom. The Kier molecular flexibility index (Phi) is 6.41. The lowest BCUT2D eigenvalue weighted by molar-refractivity contribution is -0.137. The third-order valence-electron chi connectivity index (χ3n) is 7.00. The molecule has 4 aromatic rings. The van der Waals surface area contributed by atoms with Crippen LogP contribution in [0.25, 0.3) is 22.2 Å². The van der Waals surface area contributed by atoms with E-state index in [-0.39, 0.29) is 6.54 Å². The highest BCUT2D eigenvalue weighted by atomic mass is 19.4. The SMILES string of the molecule is CCOc1cccc(-c2n[nH]c3ccc([C@]4(C(N)=O)CCCN4Cc4cccc(C(F)(F)F)c4)cc23)c1. The van der Waals surface area contributed by atoms with Crippen LogP contribution < -0.4 is 10.5 Å². The lowest BCUT2D eigenvalue weighted by Gasteiger charge is -2.36. The predicted octanol–water partition coefficient (Wildman–Crippen LogP) is 5.62. The van der Waals surface area contributed by atoms with Gasteiger partial charge in [0, 0.05) is 17.5 Å². The van der Waals surface area contributed by atoms with Gasteiger partial charge in [-0.05, 0) is 67.8 Å². The molecule has 1 atom stereocenters. The van der Waals surface area contributed by atoms with Crippen molar-refractivity contribution in [2.45, 2.75) is 38.0 Å². The van der Waals surface area contributed by atoms with Gasteiger partial charge in [0.15, 0.2) is 0 Å². The predicted molar refractivity (Wildman–Crippen MR) is 135 cm³/mol. The van der Waals surface area contributed by atoms with Gasteiger partial charge in [0.05, 0.1) is 17.7 Å². The van der Waals surface area contributed by atoms with E-state index >= 15 is 0 Å². The van der Waals surface area contributed by atoms with E-state index in [1.807, 2.05) is 54.3 Å². The standard InChI is InChI=1S/C28H27F3N4O2/c1-2-37-22-9-4-7-19(15-22)25-23-16-20(10-11-24(23)33-34-25)27(26(32)36)12-5-13-35(27)17-18-6-3-8-21(14-18)28(29,30)31/h3-4,6-11,14-16H,2,5,12-13,17H2,1H3,(H2,32,36)(H,33,34)/t27-/m0/s1. The molecule has 1 aliphatic rings. The molecule has 3 aromatic carbocycles. The zero-order valence-corrected chi connectivity index (χ0v) is 20.3. The van der Waals surface area contributed by atoms with Crippen LogP contribution in [0, 0.1) is 0 Å². The second-order valence-electron chi connectivity index (χ2n) is 9.24. The number of halogens is 3. The van der Waals surface area contributed by atoms with E-state index in [1.54, 1.807) is 6.07 Å². The smallest absolute Gasteiger partial charge is 0.416 e. The number of nitrogens with zero attached hydrogens (tertiary/aromatic N) is 2. The molecule has 9 heteroatoms. The maximum atomic E-state index is 13.3. The van der Waals surface area contributed by atoms with E-state index in [1.165, 1.54) is 6.07 Å². The molecule has 0 bridgehead atoms. The number of rotatable bonds is 7. The molecule has 5 rings (SSSR count). The van der Waals surface area contributed by atoms with Crippen LogP contribution in [0.4, 0.5) is 13.2 Å². The summed E-state index contributed by atoms with van der Waals surface area (Å²) < 4.78 is 45.5. The summed E-state index contributed by atoms with van der Waals surface area (Å²) >= 11 is 0. The molecule has 1 amide bonds. The van der Waals surface area contributed by atoms with Gasteiger partial charge in [-0.15, -0.1) is 0 Å². The molecule has 1 aliphatic heterocycles. The summed E-state index contributed by atoms with van der Waals surface area (Å²) in [6.07, 6.45) is -3.28. The first-order valence-corrected chi connectivity index (χ1v) is 12.2. The Labute approximate surface area is 212 Å². The van der Waals surface area contributed by atoms with Crippen LogP contribution in [0.15, 0.2) is 66.7 Å². The molecule has 0 saturated carbocycles. The van der Waals surface area contributed by atoms with Crippen LogP contribution in [0.5, 0.6) is 5.75 Å². The molecule has 6 nitrogen and oxygen atoms in total. The van der Waals surface area contributed by atoms with Crippen LogP contribution in [0.1, 0.15) is 36.5 Å². The Morgan fingerprint density at radius 3 is 2.70 bits per heavy atom. The largest absolute Gasteiger partial charge is 0.494 e. The molecule has 192 valence electrons. The quantitative estimate of drug-likeness (QED) is 0.339. The van der Waals surface area contributed by atoms with E-state index < -0.39 is 23.2 Å². The van der Waals surface area contributed by atoms with Crippen LogP contribution in [-0.2, 0) is 23.1 Å². The van der Waals surface area contributed by atoms with Crippen molar-refractivity contribution >= 4 is 16.8 Å². The first-order valence-electron chi connectivity index (χ1n) is 12.2. The van der Waals surface area contributed by atoms with Gasteiger partial charge >= 0.3 is 6.18 Å².